The van der Waals surface area contributed by atoms with E-state index in [9.17, 15) is 5.11 Å². The van der Waals surface area contributed by atoms with Gasteiger partial charge in [-0.25, -0.2) is 0 Å². The Morgan fingerprint density at radius 3 is 2.67 bits per heavy atom. The van der Waals surface area contributed by atoms with E-state index in [1.54, 1.807) is 0 Å². The van der Waals surface area contributed by atoms with Gasteiger partial charge in [0.15, 0.2) is 0 Å². The Hall–Kier alpha value is -0.860. The van der Waals surface area contributed by atoms with Crippen LogP contribution in [-0.2, 0) is 10.3 Å². The summed E-state index contributed by atoms with van der Waals surface area (Å²) in [5, 5.41) is 10.5. The Balaban J connectivity index is 1.84. The lowest BCUT2D eigenvalue weighted by molar-refractivity contribution is 0.0372. The molecular formula is C16H24O2. The van der Waals surface area contributed by atoms with E-state index in [0.717, 1.165) is 31.4 Å². The van der Waals surface area contributed by atoms with Crippen molar-refractivity contribution in [3.05, 3.63) is 35.4 Å². The molecule has 2 heteroatoms. The van der Waals surface area contributed by atoms with Gasteiger partial charge in [-0.3, -0.25) is 0 Å². The molecule has 1 saturated heterocycles. The number of benzene rings is 1. The molecule has 2 rings (SSSR count). The minimum atomic E-state index is -0.716. The van der Waals surface area contributed by atoms with Crippen LogP contribution in [-0.4, -0.2) is 17.8 Å². The van der Waals surface area contributed by atoms with Gasteiger partial charge < -0.3 is 9.84 Å². The Morgan fingerprint density at radius 2 is 2.06 bits per heavy atom. The van der Waals surface area contributed by atoms with Gasteiger partial charge in [-0.2, -0.15) is 0 Å². The Bertz CT molecular complexity index is 361. The van der Waals surface area contributed by atoms with E-state index in [0.29, 0.717) is 6.10 Å². The van der Waals surface area contributed by atoms with Crippen molar-refractivity contribution in [1.29, 1.82) is 0 Å². The number of aryl methyl sites for hydroxylation is 1. The maximum absolute atomic E-state index is 10.5. The number of hydrogen-bond acceptors (Lipinski definition) is 2. The molecule has 1 aliphatic heterocycles. The number of ether oxygens (including phenoxy) is 1. The molecule has 1 aromatic carbocycles. The van der Waals surface area contributed by atoms with Gasteiger partial charge in [0.2, 0.25) is 0 Å². The molecule has 0 spiro atoms. The number of hydrogen-bond donors (Lipinski definition) is 1. The van der Waals surface area contributed by atoms with Gasteiger partial charge in [-0.05, 0) is 51.5 Å². The SMILES string of the molecule is Cc1ccc(C(C)(O)CCCC2CCCO2)cc1. The molecule has 18 heavy (non-hydrogen) atoms. The van der Waals surface area contributed by atoms with Crippen molar-refractivity contribution in [2.75, 3.05) is 6.61 Å². The second-order valence-corrected chi connectivity index (χ2v) is 5.67. The van der Waals surface area contributed by atoms with Crippen molar-refractivity contribution in [3.8, 4) is 0 Å². The fourth-order valence-electron chi connectivity index (χ4n) is 2.60. The molecule has 0 radical (unpaired) electrons. The minimum Gasteiger partial charge on any atom is -0.385 e. The minimum absolute atomic E-state index is 0.429. The van der Waals surface area contributed by atoms with E-state index in [-0.39, 0.29) is 0 Å². The fourth-order valence-corrected chi connectivity index (χ4v) is 2.60. The Morgan fingerprint density at radius 1 is 1.33 bits per heavy atom. The normalized spacial score (nSPS) is 22.9. The van der Waals surface area contributed by atoms with E-state index in [2.05, 4.69) is 19.1 Å². The van der Waals surface area contributed by atoms with E-state index >= 15 is 0 Å². The highest BCUT2D eigenvalue weighted by atomic mass is 16.5. The number of aliphatic hydroxyl groups is 1. The zero-order valence-corrected chi connectivity index (χ0v) is 11.5. The van der Waals surface area contributed by atoms with Crippen molar-refractivity contribution in [2.24, 2.45) is 0 Å². The predicted octanol–water partition coefficient (Wildman–Crippen LogP) is 3.55. The maximum atomic E-state index is 10.5. The predicted molar refractivity (Wildman–Crippen MR) is 73.6 cm³/mol. The summed E-state index contributed by atoms with van der Waals surface area (Å²) in [7, 11) is 0. The molecule has 1 N–H and O–H groups in total. The Labute approximate surface area is 110 Å². The van der Waals surface area contributed by atoms with E-state index in [1.807, 2.05) is 19.1 Å². The average Bonchev–Trinajstić information content (AvgIpc) is 2.82. The van der Waals surface area contributed by atoms with Crippen molar-refractivity contribution in [2.45, 2.75) is 57.7 Å². The van der Waals surface area contributed by atoms with Crippen LogP contribution in [0.15, 0.2) is 24.3 Å². The van der Waals surface area contributed by atoms with Crippen LogP contribution in [0.1, 0.15) is 50.2 Å². The highest BCUT2D eigenvalue weighted by Gasteiger charge is 2.23. The maximum Gasteiger partial charge on any atom is 0.0868 e. The quantitative estimate of drug-likeness (QED) is 0.863. The van der Waals surface area contributed by atoms with Crippen LogP contribution in [0.5, 0.6) is 0 Å². The highest BCUT2D eigenvalue weighted by Crippen LogP contribution is 2.28. The first-order valence-electron chi connectivity index (χ1n) is 6.99. The summed E-state index contributed by atoms with van der Waals surface area (Å²) in [5.74, 6) is 0. The number of rotatable bonds is 5. The first-order valence-corrected chi connectivity index (χ1v) is 6.99. The smallest absolute Gasteiger partial charge is 0.0868 e. The summed E-state index contributed by atoms with van der Waals surface area (Å²) >= 11 is 0. The van der Waals surface area contributed by atoms with Crippen LogP contribution in [0, 0.1) is 6.92 Å². The standard InChI is InChI=1S/C16H24O2/c1-13-7-9-14(10-8-13)16(2,17)11-3-5-15-6-4-12-18-15/h7-10,15,17H,3-6,11-12H2,1-2H3. The summed E-state index contributed by atoms with van der Waals surface area (Å²) in [4.78, 5) is 0. The van der Waals surface area contributed by atoms with Crippen LogP contribution in [0.4, 0.5) is 0 Å². The second kappa shape index (κ2) is 5.85. The van der Waals surface area contributed by atoms with E-state index < -0.39 is 5.60 Å². The summed E-state index contributed by atoms with van der Waals surface area (Å²) in [6.07, 6.45) is 5.70. The molecule has 0 aromatic heterocycles. The summed E-state index contributed by atoms with van der Waals surface area (Å²) in [6, 6.07) is 8.18. The van der Waals surface area contributed by atoms with Crippen LogP contribution >= 0.6 is 0 Å². The largest absolute Gasteiger partial charge is 0.385 e. The summed E-state index contributed by atoms with van der Waals surface area (Å²) in [6.45, 7) is 4.89. The summed E-state index contributed by atoms with van der Waals surface area (Å²) < 4.78 is 5.61. The molecule has 1 fully saturated rings. The Kier molecular flexibility index (Phi) is 4.41. The monoisotopic (exact) mass is 248 g/mol. The van der Waals surface area contributed by atoms with Gasteiger partial charge >= 0.3 is 0 Å². The molecule has 2 nitrogen and oxygen atoms in total. The summed E-state index contributed by atoms with van der Waals surface area (Å²) in [5.41, 5.74) is 1.53. The third kappa shape index (κ3) is 3.56. The van der Waals surface area contributed by atoms with Gasteiger partial charge in [-0.15, -0.1) is 0 Å². The van der Waals surface area contributed by atoms with Crippen molar-refractivity contribution in [3.63, 3.8) is 0 Å². The zero-order chi connectivity index (χ0) is 13.0. The lowest BCUT2D eigenvalue weighted by Gasteiger charge is -2.24. The molecule has 1 aromatic rings. The first-order chi connectivity index (χ1) is 8.58. The molecule has 0 aliphatic carbocycles. The lowest BCUT2D eigenvalue weighted by Crippen LogP contribution is -2.21. The van der Waals surface area contributed by atoms with Crippen LogP contribution in [0.25, 0.3) is 0 Å². The molecular weight excluding hydrogens is 224 g/mol. The van der Waals surface area contributed by atoms with Gasteiger partial charge in [-0.1, -0.05) is 29.8 Å². The van der Waals surface area contributed by atoms with Gasteiger partial charge in [0.1, 0.15) is 0 Å². The van der Waals surface area contributed by atoms with Crippen LogP contribution in [0.2, 0.25) is 0 Å². The lowest BCUT2D eigenvalue weighted by atomic mass is 9.89. The van der Waals surface area contributed by atoms with E-state index in [1.165, 1.54) is 18.4 Å². The molecule has 2 unspecified atom stereocenters. The molecule has 100 valence electrons. The van der Waals surface area contributed by atoms with Gasteiger partial charge in [0, 0.05) is 6.61 Å². The highest BCUT2D eigenvalue weighted by molar-refractivity contribution is 5.25. The van der Waals surface area contributed by atoms with Crippen molar-refractivity contribution >= 4 is 0 Å². The molecule has 0 saturated carbocycles. The van der Waals surface area contributed by atoms with E-state index in [4.69, 9.17) is 4.74 Å². The van der Waals surface area contributed by atoms with Crippen molar-refractivity contribution in [1.82, 2.24) is 0 Å². The third-order valence-corrected chi connectivity index (χ3v) is 3.89. The molecule has 1 aliphatic rings. The molecule has 2 atom stereocenters. The topological polar surface area (TPSA) is 29.5 Å². The first kappa shape index (κ1) is 13.6. The molecule has 0 amide bonds. The van der Waals surface area contributed by atoms with Crippen LogP contribution in [0.3, 0.4) is 0 Å². The fraction of sp³-hybridized carbons (Fsp3) is 0.625. The van der Waals surface area contributed by atoms with Gasteiger partial charge in [0.25, 0.3) is 0 Å². The molecule has 1 heterocycles. The zero-order valence-electron chi connectivity index (χ0n) is 11.5. The van der Waals surface area contributed by atoms with Gasteiger partial charge in [0.05, 0.1) is 11.7 Å². The van der Waals surface area contributed by atoms with Crippen molar-refractivity contribution < 1.29 is 9.84 Å². The molecule has 0 bridgehead atoms. The average molecular weight is 248 g/mol. The third-order valence-electron chi connectivity index (χ3n) is 3.89. The second-order valence-electron chi connectivity index (χ2n) is 5.67. The van der Waals surface area contributed by atoms with Crippen LogP contribution < -0.4 is 0 Å².